The number of hydrogen-bond donors (Lipinski definition) is 1. The Morgan fingerprint density at radius 2 is 2.21 bits per heavy atom. The highest BCUT2D eigenvalue weighted by Gasteiger charge is 2.19. The first kappa shape index (κ1) is 11.7. The molecule has 80 valence electrons. The third kappa shape index (κ3) is 2.79. The van der Waals surface area contributed by atoms with Crippen LogP contribution in [0.25, 0.3) is 0 Å². The van der Waals surface area contributed by atoms with Gasteiger partial charge >= 0.3 is 0 Å². The normalized spacial score (nSPS) is 15.4. The molecule has 0 saturated carbocycles. The Hall–Kier alpha value is -0.410. The first-order valence-electron chi connectivity index (χ1n) is 5.34. The molecule has 1 aromatic rings. The average molecular weight is 212 g/mol. The third-order valence-electron chi connectivity index (χ3n) is 2.54. The van der Waals surface area contributed by atoms with Crippen molar-refractivity contribution in [2.75, 3.05) is 6.54 Å². The summed E-state index contributed by atoms with van der Waals surface area (Å²) < 4.78 is 0. The zero-order valence-corrected chi connectivity index (χ0v) is 10.3. The lowest BCUT2D eigenvalue weighted by Gasteiger charge is -2.21. The van der Waals surface area contributed by atoms with Gasteiger partial charge in [0.1, 0.15) is 5.01 Å². The largest absolute Gasteiger partial charge is 0.308 e. The molecule has 0 spiro atoms. The van der Waals surface area contributed by atoms with E-state index in [4.69, 9.17) is 0 Å². The van der Waals surface area contributed by atoms with Gasteiger partial charge in [0.15, 0.2) is 0 Å². The summed E-state index contributed by atoms with van der Waals surface area (Å²) in [5, 5.41) is 6.87. The van der Waals surface area contributed by atoms with Crippen molar-refractivity contribution in [3.63, 3.8) is 0 Å². The highest BCUT2D eigenvalue weighted by Crippen LogP contribution is 2.26. The molecule has 0 aliphatic carbocycles. The first-order chi connectivity index (χ1) is 6.69. The summed E-state index contributed by atoms with van der Waals surface area (Å²) in [4.78, 5) is 4.55. The summed E-state index contributed by atoms with van der Waals surface area (Å²) in [6, 6.07) is 0.434. The van der Waals surface area contributed by atoms with Gasteiger partial charge < -0.3 is 5.32 Å². The maximum absolute atomic E-state index is 4.55. The topological polar surface area (TPSA) is 24.9 Å². The molecule has 0 aliphatic rings. The van der Waals surface area contributed by atoms with Gasteiger partial charge in [-0.25, -0.2) is 4.98 Å². The maximum Gasteiger partial charge on any atom is 0.110 e. The van der Waals surface area contributed by atoms with E-state index in [9.17, 15) is 0 Å². The zero-order chi connectivity index (χ0) is 10.6. The lowest BCUT2D eigenvalue weighted by Crippen LogP contribution is -2.26. The molecule has 1 rings (SSSR count). The minimum absolute atomic E-state index is 0.434. The molecule has 3 heteroatoms. The highest BCUT2D eigenvalue weighted by atomic mass is 32.1. The molecule has 2 unspecified atom stereocenters. The van der Waals surface area contributed by atoms with Gasteiger partial charge in [0, 0.05) is 11.1 Å². The Bertz CT molecular complexity index is 270. The predicted molar refractivity (Wildman–Crippen MR) is 62.7 cm³/mol. The predicted octanol–water partition coefficient (Wildman–Crippen LogP) is 3.15. The van der Waals surface area contributed by atoms with Crippen molar-refractivity contribution >= 4 is 11.3 Å². The van der Waals surface area contributed by atoms with E-state index in [1.807, 2.05) is 0 Å². The van der Waals surface area contributed by atoms with Gasteiger partial charge in [-0.3, -0.25) is 0 Å². The standard InChI is InChI=1S/C11H20N2S/c1-5-8(3)10(12-6-2)11-13-9(4)7-14-11/h7-8,10,12H,5-6H2,1-4H3. The van der Waals surface area contributed by atoms with E-state index < -0.39 is 0 Å². The second-order valence-electron chi connectivity index (χ2n) is 3.75. The van der Waals surface area contributed by atoms with E-state index in [2.05, 4.69) is 43.4 Å². The molecule has 0 radical (unpaired) electrons. The fraction of sp³-hybridized carbons (Fsp3) is 0.727. The Kier molecular flexibility index (Phi) is 4.55. The van der Waals surface area contributed by atoms with E-state index in [0.717, 1.165) is 12.2 Å². The van der Waals surface area contributed by atoms with E-state index in [1.165, 1.54) is 11.4 Å². The molecule has 1 heterocycles. The van der Waals surface area contributed by atoms with Crippen molar-refractivity contribution in [2.45, 2.75) is 40.2 Å². The Balaban J connectivity index is 2.76. The highest BCUT2D eigenvalue weighted by molar-refractivity contribution is 7.09. The summed E-state index contributed by atoms with van der Waals surface area (Å²) in [6.45, 7) is 9.72. The minimum atomic E-state index is 0.434. The van der Waals surface area contributed by atoms with Crippen LogP contribution < -0.4 is 5.32 Å². The smallest absolute Gasteiger partial charge is 0.110 e. The molecule has 1 aromatic heterocycles. The maximum atomic E-state index is 4.55. The van der Waals surface area contributed by atoms with Crippen molar-refractivity contribution < 1.29 is 0 Å². The van der Waals surface area contributed by atoms with Crippen LogP contribution in [-0.2, 0) is 0 Å². The van der Waals surface area contributed by atoms with Gasteiger partial charge in [0.25, 0.3) is 0 Å². The van der Waals surface area contributed by atoms with E-state index in [1.54, 1.807) is 11.3 Å². The Morgan fingerprint density at radius 3 is 2.64 bits per heavy atom. The van der Waals surface area contributed by atoms with Crippen LogP contribution in [0.15, 0.2) is 5.38 Å². The second-order valence-corrected chi connectivity index (χ2v) is 4.64. The fourth-order valence-corrected chi connectivity index (χ4v) is 2.51. The molecule has 0 bridgehead atoms. The number of aromatic nitrogens is 1. The van der Waals surface area contributed by atoms with Crippen molar-refractivity contribution in [2.24, 2.45) is 5.92 Å². The zero-order valence-electron chi connectivity index (χ0n) is 9.50. The summed E-state index contributed by atoms with van der Waals surface area (Å²) in [6.07, 6.45) is 1.19. The molecule has 0 amide bonds. The third-order valence-corrected chi connectivity index (χ3v) is 3.59. The molecule has 2 nitrogen and oxygen atoms in total. The molecule has 0 aromatic carbocycles. The monoisotopic (exact) mass is 212 g/mol. The molecule has 0 fully saturated rings. The van der Waals surface area contributed by atoms with Crippen LogP contribution in [-0.4, -0.2) is 11.5 Å². The lowest BCUT2D eigenvalue weighted by atomic mass is 10.00. The van der Waals surface area contributed by atoms with Crippen molar-refractivity contribution in [1.82, 2.24) is 10.3 Å². The van der Waals surface area contributed by atoms with Crippen LogP contribution in [0.5, 0.6) is 0 Å². The molecule has 0 aliphatic heterocycles. The summed E-state index contributed by atoms with van der Waals surface area (Å²) in [5.74, 6) is 0.653. The van der Waals surface area contributed by atoms with Crippen molar-refractivity contribution in [3.8, 4) is 0 Å². The number of thiazole rings is 1. The average Bonchev–Trinajstić information content (AvgIpc) is 2.60. The van der Waals surface area contributed by atoms with Crippen molar-refractivity contribution in [3.05, 3.63) is 16.1 Å². The fourth-order valence-electron chi connectivity index (χ4n) is 1.50. The SMILES string of the molecule is CCNC(c1nc(C)cs1)C(C)CC. The molecular formula is C11H20N2S. The van der Waals surface area contributed by atoms with Crippen LogP contribution in [0, 0.1) is 12.8 Å². The molecule has 1 N–H and O–H groups in total. The van der Waals surface area contributed by atoms with Gasteiger partial charge in [-0.2, -0.15) is 0 Å². The second kappa shape index (κ2) is 5.47. The first-order valence-corrected chi connectivity index (χ1v) is 6.22. The van der Waals surface area contributed by atoms with Crippen LogP contribution in [0.4, 0.5) is 0 Å². The minimum Gasteiger partial charge on any atom is -0.308 e. The number of rotatable bonds is 5. The lowest BCUT2D eigenvalue weighted by molar-refractivity contribution is 0.382. The summed E-state index contributed by atoms with van der Waals surface area (Å²) >= 11 is 1.77. The van der Waals surface area contributed by atoms with Crippen LogP contribution in [0.2, 0.25) is 0 Å². The van der Waals surface area contributed by atoms with E-state index in [0.29, 0.717) is 12.0 Å². The van der Waals surface area contributed by atoms with E-state index >= 15 is 0 Å². The van der Waals surface area contributed by atoms with Crippen molar-refractivity contribution in [1.29, 1.82) is 0 Å². The van der Waals surface area contributed by atoms with Gasteiger partial charge in [0.05, 0.1) is 6.04 Å². The van der Waals surface area contributed by atoms with Crippen LogP contribution >= 0.6 is 11.3 Å². The molecule has 14 heavy (non-hydrogen) atoms. The molecule has 2 atom stereocenters. The number of aryl methyl sites for hydroxylation is 1. The Morgan fingerprint density at radius 1 is 1.50 bits per heavy atom. The van der Waals surface area contributed by atoms with Crippen LogP contribution in [0.1, 0.15) is 43.9 Å². The summed E-state index contributed by atoms with van der Waals surface area (Å²) in [5.41, 5.74) is 1.14. The number of nitrogens with one attached hydrogen (secondary N) is 1. The van der Waals surface area contributed by atoms with Crippen LogP contribution in [0.3, 0.4) is 0 Å². The van der Waals surface area contributed by atoms with Gasteiger partial charge in [-0.15, -0.1) is 11.3 Å². The van der Waals surface area contributed by atoms with Gasteiger partial charge in [0.2, 0.25) is 0 Å². The molecular weight excluding hydrogens is 192 g/mol. The van der Waals surface area contributed by atoms with Gasteiger partial charge in [-0.05, 0) is 19.4 Å². The van der Waals surface area contributed by atoms with Gasteiger partial charge in [-0.1, -0.05) is 27.2 Å². The number of hydrogen-bond acceptors (Lipinski definition) is 3. The quantitative estimate of drug-likeness (QED) is 0.811. The summed E-state index contributed by atoms with van der Waals surface area (Å²) in [7, 11) is 0. The Labute approximate surface area is 90.8 Å². The number of nitrogens with zero attached hydrogens (tertiary/aromatic N) is 1. The molecule has 0 saturated heterocycles. The van der Waals surface area contributed by atoms with E-state index in [-0.39, 0.29) is 0 Å².